The molecule has 1 saturated heterocycles. The van der Waals surface area contributed by atoms with E-state index >= 15 is 4.39 Å². The van der Waals surface area contributed by atoms with Crippen molar-refractivity contribution in [2.24, 2.45) is 0 Å². The molecule has 0 radical (unpaired) electrons. The second-order valence-electron chi connectivity index (χ2n) is 11.6. The van der Waals surface area contributed by atoms with Crippen LogP contribution in [-0.4, -0.2) is 66.8 Å². The lowest BCUT2D eigenvalue weighted by Crippen LogP contribution is -2.44. The van der Waals surface area contributed by atoms with E-state index in [0.29, 0.717) is 22.3 Å². The van der Waals surface area contributed by atoms with Gasteiger partial charge in [-0.05, 0) is 55.8 Å². The van der Waals surface area contributed by atoms with E-state index in [-0.39, 0.29) is 58.6 Å². The molecule has 0 unspecified atom stereocenters. The summed E-state index contributed by atoms with van der Waals surface area (Å²) in [5.74, 6) is -2.12. The number of nitrogens with zero attached hydrogens (tertiary/aromatic N) is 5. The molecule has 13 heteroatoms. The number of benzene rings is 3. The van der Waals surface area contributed by atoms with E-state index in [1.807, 2.05) is 0 Å². The summed E-state index contributed by atoms with van der Waals surface area (Å²) >= 11 is 6.32. The van der Waals surface area contributed by atoms with Crippen molar-refractivity contribution in [3.63, 3.8) is 0 Å². The van der Waals surface area contributed by atoms with E-state index in [1.165, 1.54) is 54.9 Å². The van der Waals surface area contributed by atoms with E-state index < -0.39 is 29.8 Å². The van der Waals surface area contributed by atoms with Crippen LogP contribution >= 0.6 is 11.6 Å². The standard InChI is InChI=1S/C35H29ClF2N6O4/c1-18(45)21-7-9-28(36)26(11-21)25-5-4-6-29(33(25)38)41-35(48)31-13-24(37)16-43(31)32(47)17-44-30-10-8-22(23-14-39-20(3)40-15-23)12-27(30)34(42-44)19(2)46/h4-12,14-15,24,31H,13,16-17H2,1-3H3,(H,41,48)/t24-,31+/m1/s1. The van der Waals surface area contributed by atoms with Crippen molar-refractivity contribution in [2.75, 3.05) is 11.9 Å². The van der Waals surface area contributed by atoms with Crippen LogP contribution in [0.2, 0.25) is 5.02 Å². The lowest BCUT2D eigenvalue weighted by atomic mass is 10.00. The number of Topliss-reactive ketones (excluding diaryl/α,β-unsaturated/α-hetero) is 2. The Balaban J connectivity index is 1.25. The van der Waals surface area contributed by atoms with Gasteiger partial charge in [0.25, 0.3) is 0 Å². The maximum Gasteiger partial charge on any atom is 0.247 e. The van der Waals surface area contributed by atoms with Crippen LogP contribution in [0.15, 0.2) is 67.0 Å². The number of carbonyl (C=O) groups excluding carboxylic acids is 4. The first-order valence-electron chi connectivity index (χ1n) is 15.1. The molecule has 1 fully saturated rings. The number of anilines is 1. The van der Waals surface area contributed by atoms with Crippen LogP contribution in [0.4, 0.5) is 14.5 Å². The summed E-state index contributed by atoms with van der Waals surface area (Å²) in [4.78, 5) is 61.0. The molecule has 5 aromatic rings. The first-order chi connectivity index (χ1) is 22.9. The van der Waals surface area contributed by atoms with Gasteiger partial charge >= 0.3 is 0 Å². The molecule has 10 nitrogen and oxygen atoms in total. The zero-order valence-electron chi connectivity index (χ0n) is 26.1. The van der Waals surface area contributed by atoms with E-state index in [9.17, 15) is 23.6 Å². The highest BCUT2D eigenvalue weighted by Gasteiger charge is 2.40. The lowest BCUT2D eigenvalue weighted by molar-refractivity contribution is -0.137. The molecule has 0 spiro atoms. The maximum absolute atomic E-state index is 15.7. The Bertz CT molecular complexity index is 2120. The molecule has 1 aliphatic heterocycles. The Hall–Kier alpha value is -5.36. The van der Waals surface area contributed by atoms with Gasteiger partial charge in [-0.2, -0.15) is 5.10 Å². The van der Waals surface area contributed by atoms with Gasteiger partial charge in [-0.3, -0.25) is 23.9 Å². The number of hydrogen-bond acceptors (Lipinski definition) is 7. The number of hydrogen-bond donors (Lipinski definition) is 1. The summed E-state index contributed by atoms with van der Waals surface area (Å²) in [6, 6.07) is 12.8. The van der Waals surface area contributed by atoms with E-state index in [4.69, 9.17) is 11.6 Å². The Morgan fingerprint density at radius 2 is 1.71 bits per heavy atom. The summed E-state index contributed by atoms with van der Waals surface area (Å²) in [5.41, 5.74) is 2.57. The number of halogens is 3. The Labute approximate surface area is 278 Å². The number of aromatic nitrogens is 4. The molecule has 2 aromatic heterocycles. The van der Waals surface area contributed by atoms with Crippen molar-refractivity contribution >= 4 is 51.6 Å². The van der Waals surface area contributed by atoms with Crippen molar-refractivity contribution in [2.45, 2.75) is 46.0 Å². The number of carbonyl (C=O) groups is 4. The van der Waals surface area contributed by atoms with E-state index in [1.54, 1.807) is 37.5 Å². The zero-order valence-corrected chi connectivity index (χ0v) is 26.9. The smallest absolute Gasteiger partial charge is 0.247 e. The second-order valence-corrected chi connectivity index (χ2v) is 12.0. The minimum absolute atomic E-state index is 0.0496. The number of alkyl halides is 1. The summed E-state index contributed by atoms with van der Waals surface area (Å²) in [6.07, 6.45) is 1.56. The number of fused-ring (bicyclic) bond motifs is 1. The van der Waals surface area contributed by atoms with Crippen molar-refractivity contribution in [3.8, 4) is 22.3 Å². The number of ketones is 2. The monoisotopic (exact) mass is 670 g/mol. The minimum atomic E-state index is -1.49. The van der Waals surface area contributed by atoms with Crippen LogP contribution in [0.1, 0.15) is 46.9 Å². The van der Waals surface area contributed by atoms with Crippen molar-refractivity contribution in [3.05, 3.63) is 94.9 Å². The van der Waals surface area contributed by atoms with Gasteiger partial charge in [0.05, 0.1) is 17.7 Å². The number of nitrogens with one attached hydrogen (secondary N) is 1. The van der Waals surface area contributed by atoms with E-state index in [0.717, 1.165) is 16.0 Å². The van der Waals surface area contributed by atoms with Gasteiger partial charge in [0, 0.05) is 58.4 Å². The zero-order chi connectivity index (χ0) is 34.3. The van der Waals surface area contributed by atoms with Gasteiger partial charge in [0.15, 0.2) is 17.4 Å². The van der Waals surface area contributed by atoms with Gasteiger partial charge in [-0.1, -0.05) is 29.8 Å². The molecule has 3 aromatic carbocycles. The predicted octanol–water partition coefficient (Wildman–Crippen LogP) is 6.24. The fraction of sp³-hybridized carbons (Fsp3) is 0.229. The number of amides is 2. The SMILES string of the molecule is CC(=O)c1ccc(Cl)c(-c2cccc(NC(=O)[C@@H]3C[C@@H](F)CN3C(=O)Cn3nc(C(C)=O)c4cc(-c5cnc(C)nc5)ccc43)c2F)c1. The fourth-order valence-corrected chi connectivity index (χ4v) is 6.03. The molecule has 2 atom stereocenters. The Kier molecular flexibility index (Phi) is 8.85. The number of aryl methyl sites for hydroxylation is 1. The first-order valence-corrected chi connectivity index (χ1v) is 15.4. The maximum atomic E-state index is 15.7. The van der Waals surface area contributed by atoms with Crippen LogP contribution in [0.3, 0.4) is 0 Å². The molecule has 0 saturated carbocycles. The molecule has 6 rings (SSSR count). The summed E-state index contributed by atoms with van der Waals surface area (Å²) in [6.45, 7) is 3.80. The number of likely N-dealkylation sites (tertiary alicyclic amines) is 1. The lowest BCUT2D eigenvalue weighted by Gasteiger charge is -2.24. The first kappa shape index (κ1) is 32.6. The second kappa shape index (κ2) is 13.0. The van der Waals surface area contributed by atoms with Crippen LogP contribution in [0, 0.1) is 12.7 Å². The third-order valence-corrected chi connectivity index (χ3v) is 8.61. The third-order valence-electron chi connectivity index (χ3n) is 8.28. The van der Waals surface area contributed by atoms with Crippen LogP contribution in [0.25, 0.3) is 33.2 Å². The summed E-state index contributed by atoms with van der Waals surface area (Å²) < 4.78 is 31.9. The minimum Gasteiger partial charge on any atom is -0.326 e. The molecular weight excluding hydrogens is 642 g/mol. The molecule has 244 valence electrons. The fourth-order valence-electron chi connectivity index (χ4n) is 5.81. The molecule has 1 aliphatic rings. The normalized spacial score (nSPS) is 15.9. The average Bonchev–Trinajstić information content (AvgIpc) is 3.63. The highest BCUT2D eigenvalue weighted by molar-refractivity contribution is 6.33. The topological polar surface area (TPSA) is 127 Å². The van der Waals surface area contributed by atoms with Gasteiger partial charge < -0.3 is 10.2 Å². The molecule has 0 aliphatic carbocycles. The molecular formula is C35H29ClF2N6O4. The quantitative estimate of drug-likeness (QED) is 0.194. The highest BCUT2D eigenvalue weighted by Crippen LogP contribution is 2.34. The van der Waals surface area contributed by atoms with Crippen molar-refractivity contribution < 1.29 is 28.0 Å². The molecule has 48 heavy (non-hydrogen) atoms. The number of rotatable bonds is 8. The average molecular weight is 671 g/mol. The van der Waals surface area contributed by atoms with Gasteiger partial charge in [0.2, 0.25) is 11.8 Å². The Morgan fingerprint density at radius 3 is 2.42 bits per heavy atom. The third kappa shape index (κ3) is 6.30. The summed E-state index contributed by atoms with van der Waals surface area (Å²) in [5, 5.41) is 7.61. The van der Waals surface area contributed by atoms with Crippen molar-refractivity contribution in [1.82, 2.24) is 24.6 Å². The molecule has 0 bridgehead atoms. The molecule has 2 amide bonds. The Morgan fingerprint density at radius 1 is 0.958 bits per heavy atom. The van der Waals surface area contributed by atoms with E-state index in [2.05, 4.69) is 20.4 Å². The summed E-state index contributed by atoms with van der Waals surface area (Å²) in [7, 11) is 0. The molecule has 3 heterocycles. The molecule has 1 N–H and O–H groups in total. The van der Waals surface area contributed by atoms with Crippen LogP contribution < -0.4 is 5.32 Å². The predicted molar refractivity (Wildman–Crippen MR) is 176 cm³/mol. The van der Waals surface area contributed by atoms with Gasteiger partial charge in [0.1, 0.15) is 30.3 Å². The van der Waals surface area contributed by atoms with Crippen molar-refractivity contribution in [1.29, 1.82) is 0 Å². The van der Waals surface area contributed by atoms with Gasteiger partial charge in [-0.25, -0.2) is 18.7 Å². The largest absolute Gasteiger partial charge is 0.326 e. The van der Waals surface area contributed by atoms with Crippen LogP contribution in [0.5, 0.6) is 0 Å². The van der Waals surface area contributed by atoms with Gasteiger partial charge in [-0.15, -0.1) is 0 Å². The van der Waals surface area contributed by atoms with Crippen LogP contribution in [-0.2, 0) is 16.1 Å². The highest BCUT2D eigenvalue weighted by atomic mass is 35.5.